The molecule has 0 aliphatic carbocycles. The molecule has 1 heterocycles. The van der Waals surface area contributed by atoms with Gasteiger partial charge in [0.05, 0.1) is 5.71 Å². The van der Waals surface area contributed by atoms with Gasteiger partial charge in [0.15, 0.2) is 0 Å². The zero-order valence-electron chi connectivity index (χ0n) is 9.13. The number of aldehydes is 1. The first-order valence-corrected chi connectivity index (χ1v) is 5.62. The Balaban J connectivity index is 1.85. The van der Waals surface area contributed by atoms with Gasteiger partial charge >= 0.3 is 0 Å². The van der Waals surface area contributed by atoms with Crippen molar-refractivity contribution in [2.75, 3.05) is 0 Å². The van der Waals surface area contributed by atoms with Gasteiger partial charge in [-0.2, -0.15) is 0 Å². The van der Waals surface area contributed by atoms with Crippen LogP contribution >= 0.6 is 0 Å². The molecule has 0 spiro atoms. The van der Waals surface area contributed by atoms with Gasteiger partial charge in [0.2, 0.25) is 0 Å². The molecule has 1 aromatic rings. The fourth-order valence-corrected chi connectivity index (χ4v) is 1.81. The Labute approximate surface area is 95.1 Å². The molecule has 1 aromatic carbocycles. The molecular weight excluding hydrogens is 202 g/mol. The number of unbranched alkanes of at least 4 members (excludes halogenated alkanes) is 1. The highest BCUT2D eigenvalue weighted by Crippen LogP contribution is 2.20. The van der Waals surface area contributed by atoms with Crippen LogP contribution < -0.4 is 0 Å². The van der Waals surface area contributed by atoms with Crippen molar-refractivity contribution in [2.45, 2.75) is 31.8 Å². The van der Waals surface area contributed by atoms with Gasteiger partial charge in [-0.15, -0.1) is 0 Å². The van der Waals surface area contributed by atoms with Crippen LogP contribution in [0.5, 0.6) is 0 Å². The first-order valence-electron chi connectivity index (χ1n) is 5.62. The van der Waals surface area contributed by atoms with Crippen LogP contribution in [0.3, 0.4) is 0 Å². The van der Waals surface area contributed by atoms with E-state index in [0.29, 0.717) is 6.42 Å². The van der Waals surface area contributed by atoms with Gasteiger partial charge in [0.1, 0.15) is 12.4 Å². The molecule has 3 nitrogen and oxygen atoms in total. The van der Waals surface area contributed by atoms with Crippen molar-refractivity contribution < 1.29 is 9.63 Å². The summed E-state index contributed by atoms with van der Waals surface area (Å²) in [5.41, 5.74) is 2.14. The maximum Gasteiger partial charge on any atom is 0.133 e. The molecule has 0 bridgehead atoms. The van der Waals surface area contributed by atoms with Crippen molar-refractivity contribution in [1.29, 1.82) is 0 Å². The van der Waals surface area contributed by atoms with E-state index in [1.807, 2.05) is 30.3 Å². The van der Waals surface area contributed by atoms with Crippen LogP contribution in [0.15, 0.2) is 35.5 Å². The predicted octanol–water partition coefficient (Wildman–Crippen LogP) is 2.55. The quantitative estimate of drug-likeness (QED) is 0.561. The summed E-state index contributed by atoms with van der Waals surface area (Å²) in [5, 5.41) is 4.09. The standard InChI is InChI=1S/C13H15NO2/c15-9-5-4-8-12-10-13(14-16-12)11-6-2-1-3-7-11/h1-3,6-7,9,12H,4-5,8,10H2. The molecule has 84 valence electrons. The first-order chi connectivity index (χ1) is 7.90. The Hall–Kier alpha value is -1.64. The van der Waals surface area contributed by atoms with Crippen LogP contribution in [0.2, 0.25) is 0 Å². The highest BCUT2D eigenvalue weighted by molar-refractivity contribution is 6.01. The molecule has 0 radical (unpaired) electrons. The number of carbonyl (C=O) groups is 1. The van der Waals surface area contributed by atoms with Gasteiger partial charge in [0, 0.05) is 12.8 Å². The summed E-state index contributed by atoms with van der Waals surface area (Å²) in [4.78, 5) is 15.5. The van der Waals surface area contributed by atoms with E-state index in [1.165, 1.54) is 0 Å². The van der Waals surface area contributed by atoms with Crippen molar-refractivity contribution in [1.82, 2.24) is 0 Å². The van der Waals surface area contributed by atoms with E-state index in [2.05, 4.69) is 5.16 Å². The summed E-state index contributed by atoms with van der Waals surface area (Å²) in [5.74, 6) is 0. The van der Waals surface area contributed by atoms with Crippen LogP contribution in [-0.2, 0) is 9.63 Å². The van der Waals surface area contributed by atoms with Crippen LogP contribution in [0.4, 0.5) is 0 Å². The monoisotopic (exact) mass is 217 g/mol. The van der Waals surface area contributed by atoms with Crippen molar-refractivity contribution in [3.05, 3.63) is 35.9 Å². The molecule has 0 aromatic heterocycles. The fraction of sp³-hybridized carbons (Fsp3) is 0.385. The molecule has 0 amide bonds. The number of hydrogen-bond donors (Lipinski definition) is 0. The van der Waals surface area contributed by atoms with Gasteiger partial charge in [-0.25, -0.2) is 0 Å². The maximum atomic E-state index is 10.2. The third-order valence-electron chi connectivity index (χ3n) is 2.69. The minimum atomic E-state index is 0.148. The molecule has 2 rings (SSSR count). The Morgan fingerprint density at radius 1 is 1.38 bits per heavy atom. The summed E-state index contributed by atoms with van der Waals surface area (Å²) in [7, 11) is 0. The average Bonchev–Trinajstić information content (AvgIpc) is 2.79. The molecule has 0 saturated carbocycles. The van der Waals surface area contributed by atoms with E-state index in [0.717, 1.165) is 36.8 Å². The minimum absolute atomic E-state index is 0.148. The zero-order chi connectivity index (χ0) is 11.2. The van der Waals surface area contributed by atoms with E-state index in [1.54, 1.807) is 0 Å². The van der Waals surface area contributed by atoms with Crippen molar-refractivity contribution in [3.8, 4) is 0 Å². The maximum absolute atomic E-state index is 10.2. The lowest BCUT2D eigenvalue weighted by Crippen LogP contribution is -2.08. The van der Waals surface area contributed by atoms with E-state index >= 15 is 0 Å². The Kier molecular flexibility index (Phi) is 3.70. The summed E-state index contributed by atoms with van der Waals surface area (Å²) in [6.07, 6.45) is 4.34. The van der Waals surface area contributed by atoms with Gasteiger partial charge in [-0.05, 0) is 18.4 Å². The molecule has 3 heteroatoms. The van der Waals surface area contributed by atoms with Gasteiger partial charge in [0.25, 0.3) is 0 Å². The molecule has 1 aliphatic heterocycles. The molecule has 1 unspecified atom stereocenters. The molecule has 16 heavy (non-hydrogen) atoms. The number of hydrogen-bond acceptors (Lipinski definition) is 3. The molecule has 0 fully saturated rings. The largest absolute Gasteiger partial charge is 0.392 e. The molecular formula is C13H15NO2. The topological polar surface area (TPSA) is 38.7 Å². The highest BCUT2D eigenvalue weighted by Gasteiger charge is 2.21. The van der Waals surface area contributed by atoms with Crippen molar-refractivity contribution >= 4 is 12.0 Å². The van der Waals surface area contributed by atoms with Crippen molar-refractivity contribution in [2.24, 2.45) is 5.16 Å². The lowest BCUT2D eigenvalue weighted by molar-refractivity contribution is -0.108. The molecule has 0 saturated heterocycles. The number of nitrogens with zero attached hydrogens (tertiary/aromatic N) is 1. The van der Waals surface area contributed by atoms with E-state index in [-0.39, 0.29) is 6.10 Å². The lowest BCUT2D eigenvalue weighted by atomic mass is 10.0. The van der Waals surface area contributed by atoms with Crippen LogP contribution in [-0.4, -0.2) is 18.1 Å². The first kappa shape index (κ1) is 10.9. The van der Waals surface area contributed by atoms with E-state index < -0.39 is 0 Å². The normalized spacial score (nSPS) is 19.0. The lowest BCUT2D eigenvalue weighted by Gasteiger charge is -2.05. The van der Waals surface area contributed by atoms with Crippen LogP contribution in [0, 0.1) is 0 Å². The zero-order valence-corrected chi connectivity index (χ0v) is 9.13. The predicted molar refractivity (Wildman–Crippen MR) is 62.4 cm³/mol. The average molecular weight is 217 g/mol. The Bertz CT molecular complexity index is 373. The minimum Gasteiger partial charge on any atom is -0.392 e. The van der Waals surface area contributed by atoms with Gasteiger partial charge < -0.3 is 9.63 Å². The number of oxime groups is 1. The summed E-state index contributed by atoms with van der Waals surface area (Å²) in [6.45, 7) is 0. The SMILES string of the molecule is O=CCCCC1CC(c2ccccc2)=NO1. The second-order valence-electron chi connectivity index (χ2n) is 3.93. The number of benzene rings is 1. The number of rotatable bonds is 5. The van der Waals surface area contributed by atoms with Crippen LogP contribution in [0.25, 0.3) is 0 Å². The summed E-state index contributed by atoms with van der Waals surface area (Å²) < 4.78 is 0. The van der Waals surface area contributed by atoms with Gasteiger partial charge in [-0.1, -0.05) is 35.5 Å². The second kappa shape index (κ2) is 5.45. The third kappa shape index (κ3) is 2.69. The molecule has 1 aliphatic rings. The van der Waals surface area contributed by atoms with Crippen LogP contribution in [0.1, 0.15) is 31.2 Å². The Morgan fingerprint density at radius 2 is 2.19 bits per heavy atom. The smallest absolute Gasteiger partial charge is 0.133 e. The summed E-state index contributed by atoms with van der Waals surface area (Å²) >= 11 is 0. The second-order valence-corrected chi connectivity index (χ2v) is 3.93. The fourth-order valence-electron chi connectivity index (χ4n) is 1.81. The number of carbonyl (C=O) groups excluding carboxylic acids is 1. The Morgan fingerprint density at radius 3 is 2.94 bits per heavy atom. The summed E-state index contributed by atoms with van der Waals surface area (Å²) in [6, 6.07) is 10.1. The molecule has 1 atom stereocenters. The third-order valence-corrected chi connectivity index (χ3v) is 2.69. The van der Waals surface area contributed by atoms with E-state index in [9.17, 15) is 4.79 Å². The van der Waals surface area contributed by atoms with Gasteiger partial charge in [-0.3, -0.25) is 0 Å². The van der Waals surface area contributed by atoms with Crippen molar-refractivity contribution in [3.63, 3.8) is 0 Å². The highest BCUT2D eigenvalue weighted by atomic mass is 16.6. The van der Waals surface area contributed by atoms with E-state index in [4.69, 9.17) is 4.84 Å². The molecule has 0 N–H and O–H groups in total.